The molecule has 2 aromatic rings. The number of allylic oxidation sites excluding steroid dienone is 3. The Bertz CT molecular complexity index is 1120. The number of nitriles is 1. The van der Waals surface area contributed by atoms with Gasteiger partial charge < -0.3 is 9.88 Å². The quantitative estimate of drug-likeness (QED) is 0.759. The maximum absolute atomic E-state index is 12.2. The molecular formula is C20H21N5O2S. The van der Waals surface area contributed by atoms with Crippen molar-refractivity contribution < 1.29 is 8.42 Å². The first-order chi connectivity index (χ1) is 13.3. The second-order valence-corrected chi connectivity index (χ2v) is 8.34. The van der Waals surface area contributed by atoms with Gasteiger partial charge >= 0.3 is 0 Å². The van der Waals surface area contributed by atoms with E-state index in [1.165, 1.54) is 7.05 Å². The fourth-order valence-corrected chi connectivity index (χ4v) is 3.63. The standard InChI is InChI=1S/C20H21N5O2S/c1-14-4-5-15(11-21)6-8-18(14)24-19-9-7-16(28(26,27)22-2)10-17(19)20-12-25(3)13-23-20/h5-10,12-13,18,22,24H,1,4H2,2-3H3. The average molecular weight is 395 g/mol. The molecule has 0 bridgehead atoms. The fourth-order valence-electron chi connectivity index (χ4n) is 2.87. The Morgan fingerprint density at radius 2 is 2.18 bits per heavy atom. The first-order valence-electron chi connectivity index (χ1n) is 8.62. The molecule has 8 heteroatoms. The Morgan fingerprint density at radius 3 is 2.82 bits per heavy atom. The van der Waals surface area contributed by atoms with E-state index in [-0.39, 0.29) is 10.9 Å². The number of nitrogens with one attached hydrogen (secondary N) is 2. The van der Waals surface area contributed by atoms with Crippen LogP contribution in [-0.4, -0.2) is 31.1 Å². The van der Waals surface area contributed by atoms with Gasteiger partial charge in [-0.3, -0.25) is 0 Å². The summed E-state index contributed by atoms with van der Waals surface area (Å²) < 4.78 is 28.6. The van der Waals surface area contributed by atoms with Gasteiger partial charge in [-0.05, 0) is 43.3 Å². The molecule has 0 radical (unpaired) electrons. The van der Waals surface area contributed by atoms with Crippen LogP contribution in [0.25, 0.3) is 11.3 Å². The predicted octanol–water partition coefficient (Wildman–Crippen LogP) is 2.74. The minimum absolute atomic E-state index is 0.157. The highest BCUT2D eigenvalue weighted by molar-refractivity contribution is 7.89. The number of nitrogens with zero attached hydrogens (tertiary/aromatic N) is 3. The van der Waals surface area contributed by atoms with E-state index in [0.717, 1.165) is 11.3 Å². The molecule has 1 aromatic heterocycles. The summed E-state index contributed by atoms with van der Waals surface area (Å²) in [4.78, 5) is 4.52. The van der Waals surface area contributed by atoms with Gasteiger partial charge in [0.2, 0.25) is 10.0 Å². The van der Waals surface area contributed by atoms with Crippen molar-refractivity contribution in [2.75, 3.05) is 12.4 Å². The number of hydrogen-bond acceptors (Lipinski definition) is 5. The average Bonchev–Trinajstić information content (AvgIpc) is 3.04. The summed E-state index contributed by atoms with van der Waals surface area (Å²) >= 11 is 0. The number of benzene rings is 1. The van der Waals surface area contributed by atoms with Crippen LogP contribution < -0.4 is 10.0 Å². The zero-order chi connectivity index (χ0) is 20.3. The molecule has 1 atom stereocenters. The molecule has 1 unspecified atom stereocenters. The first-order valence-corrected chi connectivity index (χ1v) is 10.1. The Morgan fingerprint density at radius 1 is 1.39 bits per heavy atom. The van der Waals surface area contributed by atoms with Crippen LogP contribution in [0.1, 0.15) is 6.42 Å². The van der Waals surface area contributed by atoms with Crippen LogP contribution in [0, 0.1) is 11.3 Å². The number of imidazole rings is 1. The van der Waals surface area contributed by atoms with Crippen molar-refractivity contribution in [3.8, 4) is 17.3 Å². The fraction of sp³-hybridized carbons (Fsp3) is 0.200. The lowest BCUT2D eigenvalue weighted by Crippen LogP contribution is -2.20. The van der Waals surface area contributed by atoms with E-state index in [1.54, 1.807) is 35.2 Å². The van der Waals surface area contributed by atoms with Crippen molar-refractivity contribution in [2.45, 2.75) is 17.4 Å². The summed E-state index contributed by atoms with van der Waals surface area (Å²) in [6, 6.07) is 6.80. The maximum atomic E-state index is 12.2. The van der Waals surface area contributed by atoms with Crippen LogP contribution in [0.3, 0.4) is 0 Å². The van der Waals surface area contributed by atoms with Gasteiger partial charge in [0.25, 0.3) is 0 Å². The number of aryl methyl sites for hydroxylation is 1. The minimum Gasteiger partial charge on any atom is -0.375 e. The number of anilines is 1. The van der Waals surface area contributed by atoms with E-state index in [0.29, 0.717) is 23.3 Å². The molecule has 0 fully saturated rings. The normalized spacial score (nSPS) is 17.0. The third-order valence-electron chi connectivity index (χ3n) is 4.48. The van der Waals surface area contributed by atoms with Gasteiger partial charge in [0.15, 0.2) is 0 Å². The van der Waals surface area contributed by atoms with Gasteiger partial charge in [0.1, 0.15) is 0 Å². The molecule has 0 amide bonds. The molecule has 0 aliphatic heterocycles. The molecule has 2 N–H and O–H groups in total. The van der Waals surface area contributed by atoms with Crippen LogP contribution in [0.4, 0.5) is 5.69 Å². The zero-order valence-corrected chi connectivity index (χ0v) is 16.5. The van der Waals surface area contributed by atoms with Gasteiger partial charge in [-0.2, -0.15) is 5.26 Å². The molecule has 7 nitrogen and oxygen atoms in total. The third kappa shape index (κ3) is 4.06. The SMILES string of the molecule is C=C1CC=C(C#N)C=CC1Nc1ccc(S(=O)(=O)NC)cc1-c1cn(C)cn1. The molecule has 0 saturated heterocycles. The molecule has 1 aromatic carbocycles. The van der Waals surface area contributed by atoms with Crippen LogP contribution in [0.2, 0.25) is 0 Å². The monoisotopic (exact) mass is 395 g/mol. The Kier molecular flexibility index (Phi) is 5.49. The van der Waals surface area contributed by atoms with Crippen molar-refractivity contribution in [2.24, 2.45) is 7.05 Å². The summed E-state index contributed by atoms with van der Waals surface area (Å²) in [6.07, 6.45) is 9.54. The summed E-state index contributed by atoms with van der Waals surface area (Å²) in [5, 5.41) is 12.5. The highest BCUT2D eigenvalue weighted by Gasteiger charge is 2.19. The van der Waals surface area contributed by atoms with Crippen molar-refractivity contribution >= 4 is 15.7 Å². The second kappa shape index (κ2) is 7.84. The Balaban J connectivity index is 2.03. The predicted molar refractivity (Wildman–Crippen MR) is 109 cm³/mol. The molecule has 0 spiro atoms. The van der Waals surface area contributed by atoms with Crippen LogP contribution >= 0.6 is 0 Å². The lowest BCUT2D eigenvalue weighted by Gasteiger charge is -2.20. The molecule has 3 rings (SSSR count). The van der Waals surface area contributed by atoms with E-state index < -0.39 is 10.0 Å². The van der Waals surface area contributed by atoms with Gasteiger partial charge in [0, 0.05) is 30.1 Å². The molecule has 144 valence electrons. The first kappa shape index (κ1) is 19.6. The molecule has 1 heterocycles. The number of sulfonamides is 1. The van der Waals surface area contributed by atoms with Crippen LogP contribution in [0.15, 0.2) is 71.6 Å². The lowest BCUT2D eigenvalue weighted by atomic mass is 10.0. The van der Waals surface area contributed by atoms with E-state index in [1.807, 2.05) is 25.4 Å². The van der Waals surface area contributed by atoms with E-state index in [4.69, 9.17) is 5.26 Å². The van der Waals surface area contributed by atoms with Crippen LogP contribution in [-0.2, 0) is 17.1 Å². The molecule has 1 aliphatic carbocycles. The third-order valence-corrected chi connectivity index (χ3v) is 5.90. The lowest BCUT2D eigenvalue weighted by molar-refractivity contribution is 0.588. The summed E-state index contributed by atoms with van der Waals surface area (Å²) in [6.45, 7) is 4.10. The molecule has 1 aliphatic rings. The van der Waals surface area contributed by atoms with E-state index in [9.17, 15) is 8.42 Å². The van der Waals surface area contributed by atoms with Gasteiger partial charge in [-0.25, -0.2) is 18.1 Å². The molecule has 28 heavy (non-hydrogen) atoms. The van der Waals surface area contributed by atoms with E-state index >= 15 is 0 Å². The summed E-state index contributed by atoms with van der Waals surface area (Å²) in [5.41, 5.74) is 3.53. The van der Waals surface area contributed by atoms with E-state index in [2.05, 4.69) is 27.7 Å². The van der Waals surface area contributed by atoms with Crippen molar-refractivity contribution in [1.82, 2.24) is 14.3 Å². The van der Waals surface area contributed by atoms with Gasteiger partial charge in [-0.15, -0.1) is 0 Å². The van der Waals surface area contributed by atoms with Crippen molar-refractivity contribution in [3.05, 3.63) is 66.7 Å². The number of aromatic nitrogens is 2. The largest absolute Gasteiger partial charge is 0.375 e. The maximum Gasteiger partial charge on any atom is 0.240 e. The van der Waals surface area contributed by atoms with Crippen molar-refractivity contribution in [1.29, 1.82) is 5.26 Å². The number of rotatable bonds is 5. The van der Waals surface area contributed by atoms with Gasteiger partial charge in [0.05, 0.1) is 29.0 Å². The summed E-state index contributed by atoms with van der Waals surface area (Å²) in [7, 11) is -0.360. The van der Waals surface area contributed by atoms with Gasteiger partial charge in [-0.1, -0.05) is 18.7 Å². The molecule has 0 saturated carbocycles. The Hall–Kier alpha value is -3.15. The number of hydrogen-bond donors (Lipinski definition) is 2. The second-order valence-electron chi connectivity index (χ2n) is 6.45. The van der Waals surface area contributed by atoms with Crippen LogP contribution in [0.5, 0.6) is 0 Å². The minimum atomic E-state index is -3.59. The zero-order valence-electron chi connectivity index (χ0n) is 15.7. The topological polar surface area (TPSA) is 99.8 Å². The highest BCUT2D eigenvalue weighted by Crippen LogP contribution is 2.31. The van der Waals surface area contributed by atoms with Crippen molar-refractivity contribution in [3.63, 3.8) is 0 Å². The summed E-state index contributed by atoms with van der Waals surface area (Å²) in [5.74, 6) is 0. The highest BCUT2D eigenvalue weighted by atomic mass is 32.2. The molecular weight excluding hydrogens is 374 g/mol. The Labute approximate surface area is 164 Å². The smallest absolute Gasteiger partial charge is 0.240 e.